The van der Waals surface area contributed by atoms with Gasteiger partial charge in [-0.3, -0.25) is 24.1 Å². The number of rotatable bonds is 7. The first kappa shape index (κ1) is 15.6. The predicted octanol–water partition coefficient (Wildman–Crippen LogP) is -1.43. The van der Waals surface area contributed by atoms with Gasteiger partial charge in [0.25, 0.3) is 0 Å². The third kappa shape index (κ3) is 4.34. The number of imide groups is 1. The van der Waals surface area contributed by atoms with Gasteiger partial charge in [0, 0.05) is 25.8 Å². The molecule has 0 bridgehead atoms. The van der Waals surface area contributed by atoms with Gasteiger partial charge in [0.2, 0.25) is 17.7 Å². The zero-order valence-electron chi connectivity index (χ0n) is 10.5. The van der Waals surface area contributed by atoms with E-state index in [1.165, 1.54) is 0 Å². The van der Waals surface area contributed by atoms with Crippen LogP contribution >= 0.6 is 0 Å². The second kappa shape index (κ2) is 6.64. The fraction of sp³-hybridized carbons (Fsp3) is 0.545. The lowest BCUT2D eigenvalue weighted by molar-refractivity contribution is -0.147. The Morgan fingerprint density at radius 1 is 1.15 bits per heavy atom. The molecule has 0 spiro atoms. The Morgan fingerprint density at radius 3 is 2.15 bits per heavy atom. The van der Waals surface area contributed by atoms with E-state index in [2.05, 4.69) is 0 Å². The molecule has 0 unspecified atom stereocenters. The van der Waals surface area contributed by atoms with Crippen LogP contribution in [0.15, 0.2) is 0 Å². The number of carbonyl (C=O) groups excluding carboxylic acids is 3. The van der Waals surface area contributed by atoms with Crippen molar-refractivity contribution in [2.24, 2.45) is 0 Å². The average molecular weight is 286 g/mol. The van der Waals surface area contributed by atoms with Crippen molar-refractivity contribution in [2.45, 2.75) is 31.7 Å². The molecular weight excluding hydrogens is 272 g/mol. The highest BCUT2D eigenvalue weighted by Gasteiger charge is 2.29. The number of aliphatic carboxylic acids is 2. The van der Waals surface area contributed by atoms with Gasteiger partial charge in [0.05, 0.1) is 6.42 Å². The Kier molecular flexibility index (Phi) is 5.18. The fourth-order valence-corrected chi connectivity index (χ4v) is 1.73. The summed E-state index contributed by atoms with van der Waals surface area (Å²) in [4.78, 5) is 56.2. The molecule has 0 aliphatic carbocycles. The van der Waals surface area contributed by atoms with Gasteiger partial charge < -0.3 is 15.5 Å². The van der Waals surface area contributed by atoms with E-state index in [9.17, 15) is 24.0 Å². The summed E-state index contributed by atoms with van der Waals surface area (Å²) >= 11 is 0. The first-order valence-corrected chi connectivity index (χ1v) is 5.88. The molecule has 1 rings (SSSR count). The zero-order chi connectivity index (χ0) is 15.3. The van der Waals surface area contributed by atoms with E-state index in [0.717, 1.165) is 4.90 Å². The average Bonchev–Trinajstić information content (AvgIpc) is 2.65. The highest BCUT2D eigenvalue weighted by Crippen LogP contribution is 2.11. The van der Waals surface area contributed by atoms with Crippen LogP contribution in [0.3, 0.4) is 0 Å². The van der Waals surface area contributed by atoms with Crippen molar-refractivity contribution in [3.05, 3.63) is 0 Å². The number of nitrogens with one attached hydrogen (secondary N) is 1. The summed E-state index contributed by atoms with van der Waals surface area (Å²) in [5, 5.41) is 19.3. The van der Waals surface area contributed by atoms with Gasteiger partial charge in [-0.15, -0.1) is 0 Å². The zero-order valence-corrected chi connectivity index (χ0v) is 10.5. The minimum absolute atomic E-state index is 0.108. The molecule has 1 aliphatic heterocycles. The summed E-state index contributed by atoms with van der Waals surface area (Å²) in [5.41, 5.74) is 0. The van der Waals surface area contributed by atoms with Crippen molar-refractivity contribution >= 4 is 29.7 Å². The summed E-state index contributed by atoms with van der Waals surface area (Å²) in [6, 6.07) is -1.54. The molecule has 1 heterocycles. The summed E-state index contributed by atoms with van der Waals surface area (Å²) in [6.07, 6.45) is -0.794. The third-order valence-electron chi connectivity index (χ3n) is 2.73. The van der Waals surface area contributed by atoms with E-state index >= 15 is 0 Å². The molecule has 0 saturated carbocycles. The van der Waals surface area contributed by atoms with Crippen LogP contribution in [0.2, 0.25) is 0 Å². The van der Waals surface area contributed by atoms with Gasteiger partial charge in [-0.05, 0) is 0 Å². The van der Waals surface area contributed by atoms with Gasteiger partial charge in [0.1, 0.15) is 6.04 Å². The van der Waals surface area contributed by atoms with Crippen molar-refractivity contribution in [3.8, 4) is 0 Å². The number of carboxylic acids is 2. The number of hydrogen-bond donors (Lipinski definition) is 3. The molecule has 0 aromatic carbocycles. The van der Waals surface area contributed by atoms with E-state index in [1.807, 2.05) is 5.32 Å². The predicted molar refractivity (Wildman–Crippen MR) is 62.4 cm³/mol. The third-order valence-corrected chi connectivity index (χ3v) is 2.73. The monoisotopic (exact) mass is 286 g/mol. The number of nitrogens with zero attached hydrogens (tertiary/aromatic N) is 1. The first-order chi connectivity index (χ1) is 9.31. The maximum atomic E-state index is 11.5. The lowest BCUT2D eigenvalue weighted by Gasteiger charge is -2.15. The molecule has 9 nitrogen and oxygen atoms in total. The molecule has 0 radical (unpaired) electrons. The van der Waals surface area contributed by atoms with Gasteiger partial charge in [-0.25, -0.2) is 4.79 Å². The largest absolute Gasteiger partial charge is 0.481 e. The van der Waals surface area contributed by atoms with E-state index in [0.29, 0.717) is 0 Å². The molecule has 1 atom stereocenters. The van der Waals surface area contributed by atoms with Crippen molar-refractivity contribution in [1.29, 1.82) is 0 Å². The Hall–Kier alpha value is -2.45. The van der Waals surface area contributed by atoms with E-state index in [4.69, 9.17) is 10.2 Å². The van der Waals surface area contributed by atoms with Crippen LogP contribution in [0.5, 0.6) is 0 Å². The molecule has 1 fully saturated rings. The maximum absolute atomic E-state index is 11.5. The highest BCUT2D eigenvalue weighted by atomic mass is 16.4. The van der Waals surface area contributed by atoms with Crippen molar-refractivity contribution in [3.63, 3.8) is 0 Å². The van der Waals surface area contributed by atoms with E-state index < -0.39 is 30.3 Å². The normalized spacial score (nSPS) is 16.1. The number of likely N-dealkylation sites (tertiary alicyclic amines) is 1. The molecule has 110 valence electrons. The number of amides is 3. The van der Waals surface area contributed by atoms with Crippen molar-refractivity contribution in [1.82, 2.24) is 10.2 Å². The molecule has 0 aromatic heterocycles. The van der Waals surface area contributed by atoms with Gasteiger partial charge >= 0.3 is 11.9 Å². The Balaban J connectivity index is 2.46. The van der Waals surface area contributed by atoms with Crippen LogP contribution in [-0.2, 0) is 24.0 Å². The smallest absolute Gasteiger partial charge is 0.326 e. The highest BCUT2D eigenvalue weighted by molar-refractivity contribution is 6.02. The Morgan fingerprint density at radius 2 is 1.70 bits per heavy atom. The minimum atomic E-state index is -1.54. The topological polar surface area (TPSA) is 141 Å². The summed E-state index contributed by atoms with van der Waals surface area (Å²) in [7, 11) is 0. The van der Waals surface area contributed by atoms with Crippen molar-refractivity contribution in [2.75, 3.05) is 6.54 Å². The molecule has 1 aliphatic rings. The van der Waals surface area contributed by atoms with Crippen LogP contribution < -0.4 is 5.32 Å². The van der Waals surface area contributed by atoms with Crippen molar-refractivity contribution < 1.29 is 34.2 Å². The number of hydrogen-bond acceptors (Lipinski definition) is 5. The molecule has 1 saturated heterocycles. The van der Waals surface area contributed by atoms with Crippen LogP contribution in [0, 0.1) is 0 Å². The second-order valence-corrected chi connectivity index (χ2v) is 4.25. The van der Waals surface area contributed by atoms with Gasteiger partial charge in [-0.1, -0.05) is 0 Å². The number of carbonyl (C=O) groups is 5. The molecule has 3 amide bonds. The quantitative estimate of drug-likeness (QED) is 0.487. The molecule has 0 aromatic rings. The Bertz CT molecular complexity index is 444. The van der Waals surface area contributed by atoms with Gasteiger partial charge in [-0.2, -0.15) is 0 Å². The number of carboxylic acid groups (broad SMARTS) is 2. The van der Waals surface area contributed by atoms with E-state index in [-0.39, 0.29) is 37.6 Å². The Labute approximate surface area is 113 Å². The molecule has 20 heavy (non-hydrogen) atoms. The van der Waals surface area contributed by atoms with Gasteiger partial charge in [0.15, 0.2) is 0 Å². The standard InChI is InChI=1S/C11H14N2O7/c14-7(12-6(11(19)20)5-10(17)18)3-4-13-8(15)1-2-9(13)16/h6H,1-5H2,(H,12,14)(H,17,18)(H,19,20)/t6-/m1/s1. The SMILES string of the molecule is O=C(O)C[C@@H](NC(=O)CCN1C(=O)CCC1=O)C(=O)O. The summed E-state index contributed by atoms with van der Waals surface area (Å²) in [5.74, 6) is -4.30. The summed E-state index contributed by atoms with van der Waals surface area (Å²) < 4.78 is 0. The lowest BCUT2D eigenvalue weighted by atomic mass is 10.2. The van der Waals surface area contributed by atoms with Crippen LogP contribution in [0.25, 0.3) is 0 Å². The second-order valence-electron chi connectivity index (χ2n) is 4.25. The van der Waals surface area contributed by atoms with Crippen LogP contribution in [0.4, 0.5) is 0 Å². The molecule has 3 N–H and O–H groups in total. The first-order valence-electron chi connectivity index (χ1n) is 5.88. The lowest BCUT2D eigenvalue weighted by Crippen LogP contribution is -2.43. The minimum Gasteiger partial charge on any atom is -0.481 e. The maximum Gasteiger partial charge on any atom is 0.326 e. The van der Waals surface area contributed by atoms with Crippen LogP contribution in [0.1, 0.15) is 25.7 Å². The summed E-state index contributed by atoms with van der Waals surface area (Å²) in [6.45, 7) is -0.136. The fourth-order valence-electron chi connectivity index (χ4n) is 1.73. The molecular formula is C11H14N2O7. The van der Waals surface area contributed by atoms with Crippen LogP contribution in [-0.4, -0.2) is 57.4 Å². The molecule has 9 heteroatoms. The van der Waals surface area contributed by atoms with E-state index in [1.54, 1.807) is 0 Å².